The number of methoxy groups -OCH3 is 1. The molecule has 0 aromatic heterocycles. The van der Waals surface area contributed by atoms with Gasteiger partial charge in [-0.15, -0.1) is 24.8 Å². The van der Waals surface area contributed by atoms with Crippen molar-refractivity contribution in [2.45, 2.75) is 19.6 Å². The first-order valence-corrected chi connectivity index (χ1v) is 9.47. The number of hydrogen-bond donors (Lipinski definition) is 2. The molecular formula is C19H25Cl5N2O2. The summed E-state index contributed by atoms with van der Waals surface area (Å²) in [5.74, 6) is 1.09. The molecule has 0 unspecified atom stereocenters. The van der Waals surface area contributed by atoms with Crippen LogP contribution in [0.2, 0.25) is 15.1 Å². The summed E-state index contributed by atoms with van der Waals surface area (Å²) in [6, 6.07) is 9.09. The Morgan fingerprint density at radius 1 is 0.964 bits per heavy atom. The number of ether oxygens (including phenoxy) is 2. The van der Waals surface area contributed by atoms with Crippen molar-refractivity contribution in [3.8, 4) is 11.5 Å². The quantitative estimate of drug-likeness (QED) is 0.415. The summed E-state index contributed by atoms with van der Waals surface area (Å²) in [4.78, 5) is 0. The van der Waals surface area contributed by atoms with Gasteiger partial charge in [0.05, 0.1) is 12.1 Å². The molecule has 2 aromatic carbocycles. The summed E-state index contributed by atoms with van der Waals surface area (Å²) in [6.45, 7) is 2.89. The molecule has 0 fully saturated rings. The fourth-order valence-electron chi connectivity index (χ4n) is 2.43. The Morgan fingerprint density at radius 3 is 2.36 bits per heavy atom. The van der Waals surface area contributed by atoms with E-state index in [9.17, 15) is 0 Å². The van der Waals surface area contributed by atoms with Crippen LogP contribution in [0.15, 0.2) is 30.3 Å². The molecule has 0 heterocycles. The van der Waals surface area contributed by atoms with E-state index in [0.29, 0.717) is 33.1 Å². The SMILES string of the molecule is CNCCCNCc1cc(Cl)c(OCc2ccc(Cl)cc2Cl)c(OC)c1.Cl.Cl. The average molecular weight is 491 g/mol. The normalized spacial score (nSPS) is 10.0. The zero-order valence-corrected chi connectivity index (χ0v) is 19.6. The van der Waals surface area contributed by atoms with E-state index in [1.165, 1.54) is 0 Å². The Morgan fingerprint density at radius 2 is 1.71 bits per heavy atom. The van der Waals surface area contributed by atoms with Gasteiger partial charge >= 0.3 is 0 Å². The van der Waals surface area contributed by atoms with Crippen molar-refractivity contribution < 1.29 is 9.47 Å². The molecule has 28 heavy (non-hydrogen) atoms. The molecule has 158 valence electrons. The molecule has 2 aromatic rings. The maximum Gasteiger partial charge on any atom is 0.180 e. The highest BCUT2D eigenvalue weighted by Gasteiger charge is 2.13. The van der Waals surface area contributed by atoms with Gasteiger partial charge in [-0.1, -0.05) is 40.9 Å². The minimum Gasteiger partial charge on any atom is -0.493 e. The number of halogens is 5. The van der Waals surface area contributed by atoms with Crippen LogP contribution in [0.1, 0.15) is 17.5 Å². The van der Waals surface area contributed by atoms with E-state index in [2.05, 4.69) is 10.6 Å². The van der Waals surface area contributed by atoms with Crippen LogP contribution < -0.4 is 20.1 Å². The van der Waals surface area contributed by atoms with Gasteiger partial charge in [0, 0.05) is 22.2 Å². The molecule has 9 heteroatoms. The van der Waals surface area contributed by atoms with Gasteiger partial charge in [0.25, 0.3) is 0 Å². The Kier molecular flexibility index (Phi) is 14.1. The largest absolute Gasteiger partial charge is 0.493 e. The van der Waals surface area contributed by atoms with Crippen molar-refractivity contribution in [3.05, 3.63) is 56.5 Å². The smallest absolute Gasteiger partial charge is 0.180 e. The summed E-state index contributed by atoms with van der Waals surface area (Å²) < 4.78 is 11.3. The van der Waals surface area contributed by atoms with E-state index in [4.69, 9.17) is 44.3 Å². The van der Waals surface area contributed by atoms with Gasteiger partial charge in [0.1, 0.15) is 6.61 Å². The van der Waals surface area contributed by atoms with Crippen LogP contribution in [0.5, 0.6) is 11.5 Å². The average Bonchev–Trinajstić information content (AvgIpc) is 2.61. The molecule has 0 spiro atoms. The lowest BCUT2D eigenvalue weighted by molar-refractivity contribution is 0.284. The van der Waals surface area contributed by atoms with E-state index in [-0.39, 0.29) is 31.4 Å². The van der Waals surface area contributed by atoms with Gasteiger partial charge in [-0.05, 0) is 56.4 Å². The van der Waals surface area contributed by atoms with Crippen LogP contribution in [-0.4, -0.2) is 27.2 Å². The van der Waals surface area contributed by atoms with Crippen molar-refractivity contribution in [1.29, 1.82) is 0 Å². The van der Waals surface area contributed by atoms with E-state index >= 15 is 0 Å². The third-order valence-electron chi connectivity index (χ3n) is 3.79. The first-order valence-electron chi connectivity index (χ1n) is 8.33. The molecule has 2 rings (SSSR count). The maximum atomic E-state index is 6.41. The molecule has 0 amide bonds. The molecule has 0 aliphatic rings. The van der Waals surface area contributed by atoms with E-state index in [1.54, 1.807) is 19.2 Å². The Balaban J connectivity index is 0.00000364. The minimum absolute atomic E-state index is 0. The summed E-state index contributed by atoms with van der Waals surface area (Å²) >= 11 is 18.5. The highest BCUT2D eigenvalue weighted by Crippen LogP contribution is 2.37. The molecule has 0 saturated heterocycles. The van der Waals surface area contributed by atoms with Crippen LogP contribution >= 0.6 is 59.6 Å². The first-order chi connectivity index (χ1) is 12.5. The molecule has 2 N–H and O–H groups in total. The second-order valence-corrected chi connectivity index (χ2v) is 7.02. The number of hydrogen-bond acceptors (Lipinski definition) is 4. The van der Waals surface area contributed by atoms with Gasteiger partial charge in [-0.3, -0.25) is 0 Å². The number of rotatable bonds is 10. The predicted molar refractivity (Wildman–Crippen MR) is 124 cm³/mol. The van der Waals surface area contributed by atoms with Gasteiger partial charge in [-0.2, -0.15) is 0 Å². The molecule has 0 atom stereocenters. The zero-order valence-electron chi connectivity index (χ0n) is 15.7. The maximum absolute atomic E-state index is 6.41. The molecule has 4 nitrogen and oxygen atoms in total. The molecule has 0 aliphatic carbocycles. The minimum atomic E-state index is 0. The van der Waals surface area contributed by atoms with E-state index in [0.717, 1.165) is 30.6 Å². The second-order valence-electron chi connectivity index (χ2n) is 5.77. The van der Waals surface area contributed by atoms with Gasteiger partial charge in [0.15, 0.2) is 11.5 Å². The molecule has 0 aliphatic heterocycles. The van der Waals surface area contributed by atoms with Crippen molar-refractivity contribution in [3.63, 3.8) is 0 Å². The summed E-state index contributed by atoms with van der Waals surface area (Å²) in [5.41, 5.74) is 1.86. The number of nitrogens with one attached hydrogen (secondary N) is 2. The van der Waals surface area contributed by atoms with Crippen molar-refractivity contribution in [2.75, 3.05) is 27.2 Å². The van der Waals surface area contributed by atoms with Gasteiger partial charge < -0.3 is 20.1 Å². The van der Waals surface area contributed by atoms with Gasteiger partial charge in [-0.25, -0.2) is 0 Å². The van der Waals surface area contributed by atoms with Gasteiger partial charge in [0.2, 0.25) is 0 Å². The third kappa shape index (κ3) is 8.42. The summed E-state index contributed by atoms with van der Waals surface area (Å²) in [5, 5.41) is 8.14. The van der Waals surface area contributed by atoms with Crippen molar-refractivity contribution >= 4 is 59.6 Å². The fraction of sp³-hybridized carbons (Fsp3) is 0.368. The van der Waals surface area contributed by atoms with Crippen molar-refractivity contribution in [2.24, 2.45) is 0 Å². The van der Waals surface area contributed by atoms with Crippen LogP contribution in [0, 0.1) is 0 Å². The number of benzene rings is 2. The topological polar surface area (TPSA) is 42.5 Å². The van der Waals surface area contributed by atoms with Crippen LogP contribution in [0.4, 0.5) is 0 Å². The fourth-order valence-corrected chi connectivity index (χ4v) is 3.18. The highest BCUT2D eigenvalue weighted by atomic mass is 35.5. The lowest BCUT2D eigenvalue weighted by atomic mass is 10.2. The zero-order chi connectivity index (χ0) is 18.9. The highest BCUT2D eigenvalue weighted by molar-refractivity contribution is 6.35. The third-order valence-corrected chi connectivity index (χ3v) is 4.65. The van der Waals surface area contributed by atoms with E-state index < -0.39 is 0 Å². The molecule has 0 bridgehead atoms. The summed E-state index contributed by atoms with van der Waals surface area (Å²) in [7, 11) is 3.54. The van der Waals surface area contributed by atoms with Crippen LogP contribution in [0.3, 0.4) is 0 Å². The molecular weight excluding hydrogens is 465 g/mol. The first kappa shape index (κ1) is 27.4. The lowest BCUT2D eigenvalue weighted by Gasteiger charge is -2.15. The monoisotopic (exact) mass is 488 g/mol. The Bertz CT molecular complexity index is 732. The van der Waals surface area contributed by atoms with Crippen LogP contribution in [-0.2, 0) is 13.2 Å². The Labute approximate surface area is 194 Å². The molecule has 0 saturated carbocycles. The molecule has 0 radical (unpaired) electrons. The summed E-state index contributed by atoms with van der Waals surface area (Å²) in [6.07, 6.45) is 1.06. The lowest BCUT2D eigenvalue weighted by Crippen LogP contribution is -2.19. The predicted octanol–water partition coefficient (Wildman–Crippen LogP) is 5.78. The van der Waals surface area contributed by atoms with Crippen molar-refractivity contribution in [1.82, 2.24) is 10.6 Å². The standard InChI is InChI=1S/C19H23Cl3N2O2.2ClH/c1-23-6-3-7-24-11-13-8-17(22)19(18(9-13)25-2)26-12-14-4-5-15(20)10-16(14)21;;/h4-5,8-10,23-24H,3,6-7,11-12H2,1-2H3;2*1H. The van der Waals surface area contributed by atoms with Crippen LogP contribution in [0.25, 0.3) is 0 Å². The van der Waals surface area contributed by atoms with E-state index in [1.807, 2.05) is 25.2 Å². The second kappa shape index (κ2) is 14.4. The Hall–Kier alpha value is -0.590.